The van der Waals surface area contributed by atoms with E-state index in [1.165, 1.54) is 0 Å². The summed E-state index contributed by atoms with van der Waals surface area (Å²) in [5, 5.41) is 5.95. The van der Waals surface area contributed by atoms with Gasteiger partial charge in [-0.25, -0.2) is 9.59 Å². The monoisotopic (exact) mass is 716 g/mol. The average Bonchev–Trinajstić information content (AvgIpc) is 3.15. The van der Waals surface area contributed by atoms with Gasteiger partial charge >= 0.3 is 23.9 Å². The van der Waals surface area contributed by atoms with Gasteiger partial charge in [0.05, 0.1) is 37.9 Å². The van der Waals surface area contributed by atoms with Crippen LogP contribution in [-0.2, 0) is 70.3 Å². The number of allylic oxidation sites excluding steroid dienone is 1. The zero-order valence-corrected chi connectivity index (χ0v) is 29.2. The number of carbonyl (C=O) groups is 6. The van der Waals surface area contributed by atoms with Crippen molar-refractivity contribution in [2.45, 2.75) is 46.9 Å². The number of fused-ring (bicyclic) bond motifs is 1. The van der Waals surface area contributed by atoms with Gasteiger partial charge in [-0.1, -0.05) is 60.7 Å². The van der Waals surface area contributed by atoms with E-state index in [0.29, 0.717) is 0 Å². The topological polar surface area (TPSA) is 182 Å². The highest BCUT2D eigenvalue weighted by Gasteiger charge is 2.61. The number of carbonyl (C=O) groups excluding carboxylic acids is 6. The third-order valence-corrected chi connectivity index (χ3v) is 8.45. The summed E-state index contributed by atoms with van der Waals surface area (Å²) in [5.41, 5.74) is 0.254. The molecule has 52 heavy (non-hydrogen) atoms. The Bertz CT molecular complexity index is 1750. The van der Waals surface area contributed by atoms with E-state index >= 15 is 0 Å². The molecule has 0 spiro atoms. The van der Waals surface area contributed by atoms with Gasteiger partial charge in [0.2, 0.25) is 17.4 Å². The molecule has 0 saturated carbocycles. The van der Waals surface area contributed by atoms with Crippen LogP contribution in [0.25, 0.3) is 0 Å². The molecule has 1 aliphatic carbocycles. The van der Waals surface area contributed by atoms with Crippen LogP contribution >= 0.6 is 0 Å². The summed E-state index contributed by atoms with van der Waals surface area (Å²) in [5.74, 6) is -12.3. The molecule has 14 heteroatoms. The summed E-state index contributed by atoms with van der Waals surface area (Å²) in [4.78, 5) is 84.0. The van der Waals surface area contributed by atoms with Crippen molar-refractivity contribution < 1.29 is 57.2 Å². The number of hydrogen-bond donors (Lipinski definition) is 2. The van der Waals surface area contributed by atoms with E-state index in [-0.39, 0.29) is 56.9 Å². The molecule has 2 aromatic carbocycles. The Hall–Kier alpha value is -5.92. The molecule has 2 heterocycles. The predicted octanol–water partition coefficient (Wildman–Crippen LogP) is 2.93. The molecule has 0 saturated heterocycles. The number of ether oxygens (including phenoxy) is 6. The third-order valence-electron chi connectivity index (χ3n) is 8.45. The summed E-state index contributed by atoms with van der Waals surface area (Å²) in [6.07, 6.45) is -1.76. The molecule has 0 amide bonds. The molecule has 2 aromatic rings. The van der Waals surface area contributed by atoms with E-state index in [0.717, 1.165) is 11.1 Å². The Labute approximate surface area is 300 Å². The first-order valence-electron chi connectivity index (χ1n) is 17.0. The molecule has 4 atom stereocenters. The van der Waals surface area contributed by atoms with Gasteiger partial charge in [-0.15, -0.1) is 0 Å². The van der Waals surface area contributed by atoms with Gasteiger partial charge in [-0.3, -0.25) is 19.2 Å². The lowest BCUT2D eigenvalue weighted by molar-refractivity contribution is -0.163. The van der Waals surface area contributed by atoms with E-state index in [4.69, 9.17) is 28.4 Å². The number of hydrogen-bond acceptors (Lipinski definition) is 14. The second kappa shape index (κ2) is 16.9. The Kier molecular flexibility index (Phi) is 12.1. The smallest absolute Gasteiger partial charge is 0.340 e. The van der Waals surface area contributed by atoms with Crippen LogP contribution in [-0.4, -0.2) is 68.0 Å². The Balaban J connectivity index is 1.66. The molecule has 274 valence electrons. The maximum atomic E-state index is 14.7. The molecule has 0 radical (unpaired) electrons. The fraction of sp³-hybridized carbons (Fsp3) is 0.368. The maximum Gasteiger partial charge on any atom is 0.340 e. The number of benzene rings is 2. The van der Waals surface area contributed by atoms with E-state index < -0.39 is 76.2 Å². The van der Waals surface area contributed by atoms with Gasteiger partial charge in [0.1, 0.15) is 23.0 Å². The first-order chi connectivity index (χ1) is 25.2. The number of nitrogens with one attached hydrogen (secondary N) is 2. The summed E-state index contributed by atoms with van der Waals surface area (Å²) in [7, 11) is 0. The van der Waals surface area contributed by atoms with Gasteiger partial charge < -0.3 is 39.1 Å². The average molecular weight is 717 g/mol. The van der Waals surface area contributed by atoms with Crippen LogP contribution in [0.5, 0.6) is 0 Å². The predicted molar refractivity (Wildman–Crippen MR) is 181 cm³/mol. The molecule has 0 aromatic heterocycles. The van der Waals surface area contributed by atoms with Crippen LogP contribution in [0.2, 0.25) is 0 Å². The van der Waals surface area contributed by atoms with Crippen molar-refractivity contribution in [2.24, 2.45) is 17.8 Å². The van der Waals surface area contributed by atoms with Crippen LogP contribution in [0.15, 0.2) is 94.9 Å². The Morgan fingerprint density at radius 1 is 0.635 bits per heavy atom. The molecule has 2 aliphatic heterocycles. The Morgan fingerprint density at radius 2 is 1.13 bits per heavy atom. The number of ketones is 2. The van der Waals surface area contributed by atoms with Crippen molar-refractivity contribution in [3.63, 3.8) is 0 Å². The quantitative estimate of drug-likeness (QED) is 0.215. The SMILES string of the molecule is CCOC(=O)C1=C(NCc2ccccc2)OC2=C(C(=O)C3OC(NCc4ccccc4)=C(C(=O)OCC)C(C(=O)OCC)C3C2=O)C1C(=O)OCC. The highest BCUT2D eigenvalue weighted by atomic mass is 16.6. The first-order valence-corrected chi connectivity index (χ1v) is 17.0. The zero-order valence-electron chi connectivity index (χ0n) is 29.2. The van der Waals surface area contributed by atoms with Crippen molar-refractivity contribution >= 4 is 35.4 Å². The highest BCUT2D eigenvalue weighted by Crippen LogP contribution is 2.47. The van der Waals surface area contributed by atoms with Crippen molar-refractivity contribution in [2.75, 3.05) is 26.4 Å². The lowest BCUT2D eigenvalue weighted by Gasteiger charge is -2.42. The molecule has 3 aliphatic rings. The van der Waals surface area contributed by atoms with Crippen molar-refractivity contribution in [1.82, 2.24) is 10.6 Å². The summed E-state index contributed by atoms with van der Waals surface area (Å²) >= 11 is 0. The minimum atomic E-state index is -1.78. The molecule has 5 rings (SSSR count). The minimum absolute atomic E-state index is 0.0756. The molecule has 0 bridgehead atoms. The molecular weight excluding hydrogens is 676 g/mol. The van der Waals surface area contributed by atoms with Gasteiger partial charge in [-0.05, 0) is 38.8 Å². The summed E-state index contributed by atoms with van der Waals surface area (Å²) < 4.78 is 33.5. The minimum Gasteiger partial charge on any atom is -0.466 e. The molecule has 2 N–H and O–H groups in total. The van der Waals surface area contributed by atoms with Crippen LogP contribution in [0.4, 0.5) is 0 Å². The summed E-state index contributed by atoms with van der Waals surface area (Å²) in [6.45, 7) is 5.96. The van der Waals surface area contributed by atoms with E-state index in [2.05, 4.69) is 10.6 Å². The molecule has 14 nitrogen and oxygen atoms in total. The standard InChI is InChI=1S/C38H40N2O12/c1-5-47-35(43)23-25-29(41)32-26(30(42)31(25)51-33(27(23)37(45)49-7-3)39-19-21-15-11-9-12-16-21)24(36(44)48-6-2)28(38(46)50-8-4)34(52-32)40-20-22-17-13-10-14-18-22/h9-18,23-25,31,39-40H,5-8,19-20H2,1-4H3. The largest absolute Gasteiger partial charge is 0.466 e. The maximum absolute atomic E-state index is 14.7. The number of esters is 4. The van der Waals surface area contributed by atoms with Crippen molar-refractivity contribution in [3.8, 4) is 0 Å². The van der Waals surface area contributed by atoms with E-state index in [9.17, 15) is 28.8 Å². The highest BCUT2D eigenvalue weighted by molar-refractivity contribution is 6.20. The van der Waals surface area contributed by atoms with E-state index in [1.807, 2.05) is 12.1 Å². The van der Waals surface area contributed by atoms with Gasteiger partial charge in [0.25, 0.3) is 0 Å². The van der Waals surface area contributed by atoms with Crippen LogP contribution in [0, 0.1) is 17.8 Å². The lowest BCUT2D eigenvalue weighted by Crippen LogP contribution is -2.56. The fourth-order valence-electron chi connectivity index (χ4n) is 6.26. The van der Waals surface area contributed by atoms with Gasteiger partial charge in [-0.2, -0.15) is 0 Å². The zero-order chi connectivity index (χ0) is 37.4. The van der Waals surface area contributed by atoms with Crippen molar-refractivity contribution in [3.05, 3.63) is 106 Å². The van der Waals surface area contributed by atoms with Crippen molar-refractivity contribution in [1.29, 1.82) is 0 Å². The number of rotatable bonds is 14. The second-order valence-corrected chi connectivity index (χ2v) is 11.7. The van der Waals surface area contributed by atoms with Crippen LogP contribution in [0.3, 0.4) is 0 Å². The summed E-state index contributed by atoms with van der Waals surface area (Å²) in [6, 6.07) is 18.0. The van der Waals surface area contributed by atoms with E-state index in [1.54, 1.807) is 76.2 Å². The number of Topliss-reactive ketones (excluding diaryl/α,β-unsaturated/α-hetero) is 2. The normalized spacial score (nSPS) is 20.8. The lowest BCUT2D eigenvalue weighted by atomic mass is 9.68. The first kappa shape index (κ1) is 37.3. The van der Waals surface area contributed by atoms with Crippen LogP contribution in [0.1, 0.15) is 38.8 Å². The van der Waals surface area contributed by atoms with Gasteiger partial charge in [0.15, 0.2) is 17.7 Å². The Morgan fingerprint density at radius 3 is 1.67 bits per heavy atom. The van der Waals surface area contributed by atoms with Gasteiger partial charge in [0, 0.05) is 13.1 Å². The molecule has 4 unspecified atom stereocenters. The molecular formula is C38H40N2O12. The molecule has 0 fully saturated rings. The van der Waals surface area contributed by atoms with Crippen LogP contribution < -0.4 is 10.6 Å². The second-order valence-electron chi connectivity index (χ2n) is 11.7. The third kappa shape index (κ3) is 7.55. The fourth-order valence-corrected chi connectivity index (χ4v) is 6.26.